The third-order valence-corrected chi connectivity index (χ3v) is 7.06. The van der Waals surface area contributed by atoms with Crippen molar-refractivity contribution >= 4 is 28.2 Å². The number of hydrogen-bond acceptors (Lipinski definition) is 8. The maximum atomic E-state index is 13.0. The van der Waals surface area contributed by atoms with Gasteiger partial charge in [-0.1, -0.05) is 60.7 Å². The second-order valence-corrected chi connectivity index (χ2v) is 10.1. The van der Waals surface area contributed by atoms with Crippen molar-refractivity contribution in [1.82, 2.24) is 20.7 Å². The lowest BCUT2D eigenvalue weighted by Crippen LogP contribution is -2.58. The summed E-state index contributed by atoms with van der Waals surface area (Å²) in [5.41, 5.74) is 6.82. The van der Waals surface area contributed by atoms with Crippen LogP contribution in [0.4, 0.5) is 0 Å². The zero-order valence-corrected chi connectivity index (χ0v) is 20.9. The molecule has 0 fully saturated rings. The van der Waals surface area contributed by atoms with Crippen LogP contribution in [0.1, 0.15) is 18.1 Å². The lowest BCUT2D eigenvalue weighted by molar-refractivity contribution is -0.122. The molecule has 2 unspecified atom stereocenters. The van der Waals surface area contributed by atoms with Crippen molar-refractivity contribution in [3.63, 3.8) is 0 Å². The van der Waals surface area contributed by atoms with E-state index in [0.717, 1.165) is 16.9 Å². The molecule has 3 aromatic rings. The fourth-order valence-electron chi connectivity index (χ4n) is 3.70. The maximum absolute atomic E-state index is 13.0. The summed E-state index contributed by atoms with van der Waals surface area (Å²) in [4.78, 5) is 27.6. The average Bonchev–Trinajstić information content (AvgIpc) is 3.30. The zero-order valence-electron chi connectivity index (χ0n) is 20.1. The highest BCUT2D eigenvalue weighted by Gasteiger charge is 2.33. The maximum Gasteiger partial charge on any atom is 0.277 e. The van der Waals surface area contributed by atoms with Crippen LogP contribution >= 0.6 is 0 Å². The first-order valence-corrected chi connectivity index (χ1v) is 13.0. The number of aldehydes is 1. The fraction of sp³-hybridized carbons (Fsp3) is 0.192. The normalized spacial score (nSPS) is 17.0. The van der Waals surface area contributed by atoms with E-state index in [0.29, 0.717) is 23.8 Å². The Morgan fingerprint density at radius 1 is 1.00 bits per heavy atom. The number of sulfonamides is 1. The summed E-state index contributed by atoms with van der Waals surface area (Å²) >= 11 is 0. The molecule has 3 aromatic carbocycles. The van der Waals surface area contributed by atoms with Crippen molar-refractivity contribution in [3.8, 4) is 5.75 Å². The molecule has 1 aliphatic heterocycles. The van der Waals surface area contributed by atoms with Gasteiger partial charge in [0.25, 0.3) is 10.0 Å². The van der Waals surface area contributed by atoms with E-state index in [1.807, 2.05) is 54.6 Å². The standard InChI is InChI=1S/C26H27N5O5S/c1-19(33)29-31(37(34,35)23-10-6-3-7-11-23)30-26-27-24(25(17-32)28-26)16-20-12-14-22(15-13-20)36-18-21-8-4-2-5-9-21/h2-15,17,24-25H,16,18H2,1H3,(H,29,33)(H2,27,28,30). The first kappa shape index (κ1) is 25.9. The number of benzene rings is 3. The van der Waals surface area contributed by atoms with E-state index in [1.165, 1.54) is 19.1 Å². The summed E-state index contributed by atoms with van der Waals surface area (Å²) in [6.45, 7) is 1.64. The van der Waals surface area contributed by atoms with Crippen LogP contribution in [0.5, 0.6) is 5.75 Å². The number of nitrogens with one attached hydrogen (secondary N) is 3. The number of amides is 1. The van der Waals surface area contributed by atoms with E-state index < -0.39 is 28.0 Å². The number of rotatable bonds is 10. The quantitative estimate of drug-likeness (QED) is 0.275. The Labute approximate surface area is 215 Å². The number of carbonyl (C=O) groups excluding carboxylic acids is 2. The first-order chi connectivity index (χ1) is 17.8. The molecule has 0 bridgehead atoms. The van der Waals surface area contributed by atoms with Crippen molar-refractivity contribution in [3.05, 3.63) is 96.1 Å². The lowest BCUT2D eigenvalue weighted by Gasteiger charge is -2.24. The minimum absolute atomic E-state index is 0.0343. The largest absolute Gasteiger partial charge is 0.489 e. The van der Waals surface area contributed by atoms with Gasteiger partial charge in [-0.25, -0.2) is 13.4 Å². The monoisotopic (exact) mass is 521 g/mol. The minimum atomic E-state index is -4.15. The van der Waals surface area contributed by atoms with Crippen molar-refractivity contribution in [1.29, 1.82) is 0 Å². The van der Waals surface area contributed by atoms with Gasteiger partial charge in [-0.05, 0) is 46.3 Å². The number of guanidine groups is 1. The van der Waals surface area contributed by atoms with E-state index in [2.05, 4.69) is 21.2 Å². The van der Waals surface area contributed by atoms with E-state index >= 15 is 0 Å². The van der Waals surface area contributed by atoms with Crippen molar-refractivity contribution in [2.75, 3.05) is 0 Å². The Kier molecular flexibility index (Phi) is 8.16. The van der Waals surface area contributed by atoms with Crippen LogP contribution in [0.15, 0.2) is 94.8 Å². The van der Waals surface area contributed by atoms with Crippen LogP contribution in [0.25, 0.3) is 0 Å². The number of carbonyl (C=O) groups is 2. The number of hydrazine groups is 2. The molecule has 0 saturated heterocycles. The van der Waals surface area contributed by atoms with Gasteiger partial charge in [-0.15, -0.1) is 0 Å². The van der Waals surface area contributed by atoms with E-state index in [4.69, 9.17) is 4.74 Å². The van der Waals surface area contributed by atoms with Crippen LogP contribution in [-0.2, 0) is 32.6 Å². The van der Waals surface area contributed by atoms with Crippen molar-refractivity contribution in [2.24, 2.45) is 4.99 Å². The molecule has 4 rings (SSSR count). The van der Waals surface area contributed by atoms with Crippen molar-refractivity contribution in [2.45, 2.75) is 36.9 Å². The Morgan fingerprint density at radius 2 is 1.65 bits per heavy atom. The van der Waals surface area contributed by atoms with Gasteiger partial charge in [0.15, 0.2) is 0 Å². The molecule has 10 nitrogen and oxygen atoms in total. The predicted octanol–water partition coefficient (Wildman–Crippen LogP) is 1.95. The molecule has 37 heavy (non-hydrogen) atoms. The Morgan fingerprint density at radius 3 is 2.27 bits per heavy atom. The highest BCUT2D eigenvalue weighted by atomic mass is 32.2. The molecule has 0 spiro atoms. The van der Waals surface area contributed by atoms with Crippen LogP contribution < -0.4 is 20.9 Å². The van der Waals surface area contributed by atoms with Crippen molar-refractivity contribution < 1.29 is 22.7 Å². The molecular weight excluding hydrogens is 494 g/mol. The Bertz CT molecular complexity index is 1350. The van der Waals surface area contributed by atoms with E-state index in [-0.39, 0.29) is 10.9 Å². The predicted molar refractivity (Wildman–Crippen MR) is 138 cm³/mol. The van der Waals surface area contributed by atoms with Gasteiger partial charge in [0.1, 0.15) is 24.7 Å². The van der Waals surface area contributed by atoms with Gasteiger partial charge in [0.2, 0.25) is 11.9 Å². The second-order valence-electron chi connectivity index (χ2n) is 8.34. The molecule has 2 atom stereocenters. The van der Waals surface area contributed by atoms with E-state index in [1.54, 1.807) is 18.2 Å². The second kappa shape index (κ2) is 11.7. The third kappa shape index (κ3) is 6.72. The van der Waals surface area contributed by atoms with Crippen LogP contribution in [-0.4, -0.2) is 43.2 Å². The molecule has 3 N–H and O–H groups in total. The van der Waals surface area contributed by atoms with Gasteiger partial charge < -0.3 is 14.8 Å². The van der Waals surface area contributed by atoms with E-state index in [9.17, 15) is 18.0 Å². The molecular formula is C26H27N5O5S. The zero-order chi connectivity index (χ0) is 26.3. The lowest BCUT2D eigenvalue weighted by atomic mass is 10.0. The molecule has 1 amide bonds. The topological polar surface area (TPSA) is 129 Å². The molecule has 192 valence electrons. The molecule has 11 heteroatoms. The molecule has 0 saturated carbocycles. The average molecular weight is 522 g/mol. The Balaban J connectivity index is 1.40. The SMILES string of the molecule is CC(=O)NN(NC1=NC(C=O)C(Cc2ccc(OCc3ccccc3)cc2)N1)S(=O)(=O)c1ccccc1. The van der Waals surface area contributed by atoms with Gasteiger partial charge in [-0.2, -0.15) is 0 Å². The number of ether oxygens (including phenoxy) is 1. The molecule has 0 aliphatic carbocycles. The van der Waals surface area contributed by atoms with Gasteiger partial charge in [-0.3, -0.25) is 15.6 Å². The number of hydrogen-bond donors (Lipinski definition) is 3. The number of nitrogens with zero attached hydrogens (tertiary/aromatic N) is 2. The highest BCUT2D eigenvalue weighted by molar-refractivity contribution is 7.89. The highest BCUT2D eigenvalue weighted by Crippen LogP contribution is 2.18. The fourth-order valence-corrected chi connectivity index (χ4v) is 4.86. The van der Waals surface area contributed by atoms with Gasteiger partial charge in [0.05, 0.1) is 10.9 Å². The minimum Gasteiger partial charge on any atom is -0.489 e. The summed E-state index contributed by atoms with van der Waals surface area (Å²) in [5, 5.41) is 3.05. The van der Waals surface area contributed by atoms with Crippen LogP contribution in [0.3, 0.4) is 0 Å². The first-order valence-electron chi connectivity index (χ1n) is 11.5. The van der Waals surface area contributed by atoms with Gasteiger partial charge >= 0.3 is 0 Å². The summed E-state index contributed by atoms with van der Waals surface area (Å²) < 4.78 is 32.5. The third-order valence-electron chi connectivity index (χ3n) is 5.53. The summed E-state index contributed by atoms with van der Waals surface area (Å²) in [6, 6.07) is 23.8. The summed E-state index contributed by atoms with van der Waals surface area (Å²) in [7, 11) is -4.15. The van der Waals surface area contributed by atoms with Crippen LogP contribution in [0, 0.1) is 0 Å². The Hall–Kier alpha value is -4.22. The molecule has 1 aliphatic rings. The summed E-state index contributed by atoms with van der Waals surface area (Å²) in [6.07, 6.45) is 1.14. The summed E-state index contributed by atoms with van der Waals surface area (Å²) in [5.74, 6) is 0.149. The number of aliphatic imine (C=N–C) groups is 1. The molecule has 0 aromatic heterocycles. The molecule has 1 heterocycles. The smallest absolute Gasteiger partial charge is 0.277 e. The molecule has 0 radical (unpaired) electrons. The van der Waals surface area contributed by atoms with Gasteiger partial charge in [0, 0.05) is 6.92 Å². The van der Waals surface area contributed by atoms with Crippen LogP contribution in [0.2, 0.25) is 0 Å².